The lowest BCUT2D eigenvalue weighted by molar-refractivity contribution is -0.137. The van der Waals surface area contributed by atoms with E-state index in [1.165, 1.54) is 5.56 Å². The molecule has 0 saturated heterocycles. The minimum Gasteiger partial charge on any atom is -0.480 e. The monoisotopic (exact) mass is 217 g/mol. The lowest BCUT2D eigenvalue weighted by atomic mass is 10.4. The van der Waals surface area contributed by atoms with Gasteiger partial charge >= 0.3 is 5.97 Å². The van der Waals surface area contributed by atoms with Gasteiger partial charge in [0, 0.05) is 11.5 Å². The molecule has 1 atom stereocenters. The molecule has 0 aliphatic rings. The highest BCUT2D eigenvalue weighted by Gasteiger charge is 2.10. The Morgan fingerprint density at radius 1 is 1.77 bits per heavy atom. The molecule has 1 unspecified atom stereocenters. The molecule has 1 heterocycles. The fourth-order valence-corrected chi connectivity index (χ4v) is 2.45. The van der Waals surface area contributed by atoms with Gasteiger partial charge in [0.05, 0.1) is 0 Å². The molecular weight excluding hydrogens is 206 g/mol. The molecule has 5 heteroatoms. The molecule has 0 aliphatic heterocycles. The van der Waals surface area contributed by atoms with Crippen LogP contribution in [0.15, 0.2) is 16.8 Å². The molecule has 1 rings (SSSR count). The van der Waals surface area contributed by atoms with E-state index in [0.717, 1.165) is 5.75 Å². The van der Waals surface area contributed by atoms with E-state index < -0.39 is 12.0 Å². The van der Waals surface area contributed by atoms with E-state index in [2.05, 4.69) is 5.38 Å². The summed E-state index contributed by atoms with van der Waals surface area (Å²) in [5.41, 5.74) is 6.57. The lowest BCUT2D eigenvalue weighted by Gasteiger charge is -2.04. The third-order valence-corrected chi connectivity index (χ3v) is 3.33. The average molecular weight is 217 g/mol. The van der Waals surface area contributed by atoms with Crippen molar-refractivity contribution in [3.63, 3.8) is 0 Å². The first kappa shape index (κ1) is 10.6. The minimum absolute atomic E-state index is 0.463. The summed E-state index contributed by atoms with van der Waals surface area (Å²) in [5, 5.41) is 12.6. The summed E-state index contributed by atoms with van der Waals surface area (Å²) in [4.78, 5) is 10.4. The normalized spacial score (nSPS) is 12.7. The highest BCUT2D eigenvalue weighted by molar-refractivity contribution is 7.98. The van der Waals surface area contributed by atoms with Gasteiger partial charge in [-0.25, -0.2) is 0 Å². The highest BCUT2D eigenvalue weighted by Crippen LogP contribution is 2.15. The Bertz CT molecular complexity index is 261. The molecule has 0 bridgehead atoms. The largest absolute Gasteiger partial charge is 0.480 e. The van der Waals surface area contributed by atoms with E-state index in [-0.39, 0.29) is 0 Å². The molecule has 0 radical (unpaired) electrons. The van der Waals surface area contributed by atoms with E-state index >= 15 is 0 Å². The summed E-state index contributed by atoms with van der Waals surface area (Å²) in [7, 11) is 0. The van der Waals surface area contributed by atoms with Gasteiger partial charge in [-0.2, -0.15) is 23.1 Å². The molecule has 72 valence electrons. The summed E-state index contributed by atoms with van der Waals surface area (Å²) in [6.45, 7) is 0. The SMILES string of the molecule is NC(CSCc1ccsc1)C(=O)O. The minimum atomic E-state index is -0.933. The molecule has 0 fully saturated rings. The Labute approximate surface area is 85.0 Å². The zero-order valence-electron chi connectivity index (χ0n) is 6.97. The van der Waals surface area contributed by atoms with Crippen LogP contribution in [0.3, 0.4) is 0 Å². The summed E-state index contributed by atoms with van der Waals surface area (Å²) < 4.78 is 0. The van der Waals surface area contributed by atoms with Crippen molar-refractivity contribution in [2.45, 2.75) is 11.8 Å². The van der Waals surface area contributed by atoms with E-state index in [4.69, 9.17) is 10.8 Å². The van der Waals surface area contributed by atoms with Gasteiger partial charge in [0.1, 0.15) is 6.04 Å². The molecule has 13 heavy (non-hydrogen) atoms. The number of hydrogen-bond donors (Lipinski definition) is 2. The molecule has 3 N–H and O–H groups in total. The second-order valence-corrected chi connectivity index (χ2v) is 4.40. The first-order valence-corrected chi connectivity index (χ1v) is 5.87. The average Bonchev–Trinajstić information content (AvgIpc) is 2.56. The van der Waals surface area contributed by atoms with Crippen molar-refractivity contribution in [1.82, 2.24) is 0 Å². The quantitative estimate of drug-likeness (QED) is 0.782. The number of thioether (sulfide) groups is 1. The second kappa shape index (κ2) is 5.26. The van der Waals surface area contributed by atoms with Gasteiger partial charge in [-0.05, 0) is 22.4 Å². The van der Waals surface area contributed by atoms with Crippen molar-refractivity contribution in [2.75, 3.05) is 5.75 Å². The van der Waals surface area contributed by atoms with Crippen molar-refractivity contribution in [3.05, 3.63) is 22.4 Å². The maximum Gasteiger partial charge on any atom is 0.321 e. The van der Waals surface area contributed by atoms with Gasteiger partial charge in [-0.1, -0.05) is 0 Å². The third-order valence-electron chi connectivity index (χ3n) is 1.46. The van der Waals surface area contributed by atoms with Crippen molar-refractivity contribution < 1.29 is 9.90 Å². The van der Waals surface area contributed by atoms with Gasteiger partial charge in [-0.15, -0.1) is 0 Å². The van der Waals surface area contributed by atoms with Crippen LogP contribution in [0, 0.1) is 0 Å². The number of carboxylic acids is 1. The van der Waals surface area contributed by atoms with E-state index in [1.54, 1.807) is 23.1 Å². The molecule has 1 aromatic heterocycles. The Morgan fingerprint density at radius 2 is 2.54 bits per heavy atom. The Balaban J connectivity index is 2.18. The molecule has 0 saturated carbocycles. The number of thiophene rings is 1. The lowest BCUT2D eigenvalue weighted by Crippen LogP contribution is -2.32. The van der Waals surface area contributed by atoms with E-state index in [9.17, 15) is 4.79 Å². The van der Waals surface area contributed by atoms with E-state index in [0.29, 0.717) is 5.75 Å². The maximum absolute atomic E-state index is 10.4. The number of carbonyl (C=O) groups is 1. The first-order valence-electron chi connectivity index (χ1n) is 3.77. The number of rotatable bonds is 5. The van der Waals surface area contributed by atoms with Gasteiger partial charge in [0.25, 0.3) is 0 Å². The number of nitrogens with two attached hydrogens (primary N) is 1. The Morgan fingerprint density at radius 3 is 3.08 bits per heavy atom. The van der Waals surface area contributed by atoms with Gasteiger partial charge in [-0.3, -0.25) is 4.79 Å². The van der Waals surface area contributed by atoms with Gasteiger partial charge < -0.3 is 10.8 Å². The molecule has 0 aliphatic carbocycles. The predicted molar refractivity (Wildman–Crippen MR) is 56.1 cm³/mol. The fraction of sp³-hybridized carbons (Fsp3) is 0.375. The third kappa shape index (κ3) is 3.80. The van der Waals surface area contributed by atoms with Crippen LogP contribution in [0.2, 0.25) is 0 Å². The van der Waals surface area contributed by atoms with Crippen LogP contribution >= 0.6 is 23.1 Å². The summed E-state index contributed by atoms with van der Waals surface area (Å²) in [6, 6.07) is 1.29. The van der Waals surface area contributed by atoms with Gasteiger partial charge in [0.2, 0.25) is 0 Å². The van der Waals surface area contributed by atoms with Crippen molar-refractivity contribution in [1.29, 1.82) is 0 Å². The van der Waals surface area contributed by atoms with Crippen LogP contribution < -0.4 is 5.73 Å². The fourth-order valence-electron chi connectivity index (χ4n) is 0.750. The van der Waals surface area contributed by atoms with Crippen LogP contribution in [0.1, 0.15) is 5.56 Å². The van der Waals surface area contributed by atoms with Crippen LogP contribution in [-0.2, 0) is 10.5 Å². The zero-order valence-corrected chi connectivity index (χ0v) is 8.61. The molecule has 0 amide bonds. The molecule has 0 spiro atoms. The first-order chi connectivity index (χ1) is 6.20. The highest BCUT2D eigenvalue weighted by atomic mass is 32.2. The molecule has 3 nitrogen and oxygen atoms in total. The Kier molecular flexibility index (Phi) is 4.27. The van der Waals surface area contributed by atoms with E-state index in [1.807, 2.05) is 11.4 Å². The van der Waals surface area contributed by atoms with Crippen LogP contribution in [0.25, 0.3) is 0 Å². The summed E-state index contributed by atoms with van der Waals surface area (Å²) in [6.07, 6.45) is 0. The van der Waals surface area contributed by atoms with Crippen molar-refractivity contribution in [3.8, 4) is 0 Å². The molecule has 0 aromatic carbocycles. The maximum atomic E-state index is 10.4. The van der Waals surface area contributed by atoms with Crippen molar-refractivity contribution in [2.24, 2.45) is 5.73 Å². The number of carboxylic acid groups (broad SMARTS) is 1. The number of aliphatic carboxylic acids is 1. The summed E-state index contributed by atoms with van der Waals surface area (Å²) in [5.74, 6) is 0.369. The Hall–Kier alpha value is -0.520. The molecule has 1 aromatic rings. The molecular formula is C8H11NO2S2. The van der Waals surface area contributed by atoms with Crippen LogP contribution in [0.4, 0.5) is 0 Å². The zero-order chi connectivity index (χ0) is 9.68. The van der Waals surface area contributed by atoms with Gasteiger partial charge in [0.15, 0.2) is 0 Å². The van der Waals surface area contributed by atoms with Crippen molar-refractivity contribution >= 4 is 29.1 Å². The predicted octanol–water partition coefficient (Wildman–Crippen LogP) is 1.39. The smallest absolute Gasteiger partial charge is 0.321 e. The number of hydrogen-bond acceptors (Lipinski definition) is 4. The van der Waals surface area contributed by atoms with Crippen LogP contribution in [0.5, 0.6) is 0 Å². The standard InChI is InChI=1S/C8H11NO2S2/c9-7(8(10)11)5-13-4-6-1-2-12-3-6/h1-3,7H,4-5,9H2,(H,10,11). The van der Waals surface area contributed by atoms with Crippen LogP contribution in [-0.4, -0.2) is 22.9 Å². The topological polar surface area (TPSA) is 63.3 Å². The summed E-state index contributed by atoms with van der Waals surface area (Å²) >= 11 is 3.19. The second-order valence-electron chi connectivity index (χ2n) is 2.59.